The van der Waals surface area contributed by atoms with Crippen molar-refractivity contribution in [2.24, 2.45) is 11.8 Å². The number of amides is 1. The lowest BCUT2D eigenvalue weighted by molar-refractivity contribution is -0.122. The lowest BCUT2D eigenvalue weighted by Gasteiger charge is -2.28. The molecule has 0 spiro atoms. The molecule has 1 amide bonds. The molecule has 2 aliphatic heterocycles. The molecule has 2 bridgehead atoms. The first-order valence-electron chi connectivity index (χ1n) is 7.74. The lowest BCUT2D eigenvalue weighted by Crippen LogP contribution is -2.40. The van der Waals surface area contributed by atoms with Crippen molar-refractivity contribution in [2.45, 2.75) is 70.9 Å². The van der Waals surface area contributed by atoms with Crippen LogP contribution >= 0.6 is 12.4 Å². The van der Waals surface area contributed by atoms with Crippen LogP contribution in [0, 0.1) is 11.8 Å². The molecule has 0 aromatic carbocycles. The molecule has 2 N–H and O–H groups in total. The van der Waals surface area contributed by atoms with Crippen LogP contribution in [0.2, 0.25) is 0 Å². The number of hydrogen-bond donors (Lipinski definition) is 2. The van der Waals surface area contributed by atoms with E-state index in [0.29, 0.717) is 23.9 Å². The Labute approximate surface area is 123 Å². The summed E-state index contributed by atoms with van der Waals surface area (Å²) < 4.78 is 0. The third-order valence-corrected chi connectivity index (χ3v) is 4.79. The van der Waals surface area contributed by atoms with Gasteiger partial charge in [-0.1, -0.05) is 26.7 Å². The minimum absolute atomic E-state index is 0. The fourth-order valence-electron chi connectivity index (χ4n) is 3.51. The van der Waals surface area contributed by atoms with E-state index in [1.165, 1.54) is 25.7 Å². The molecule has 2 heterocycles. The van der Waals surface area contributed by atoms with Gasteiger partial charge in [0.1, 0.15) is 0 Å². The SMILES string of the molecule is CCC(CC)CNC(=O)CC1CC2CCC(C1)N2.Cl. The fourth-order valence-corrected chi connectivity index (χ4v) is 3.51. The van der Waals surface area contributed by atoms with Crippen LogP contribution in [-0.2, 0) is 4.79 Å². The average Bonchev–Trinajstić information content (AvgIpc) is 2.70. The van der Waals surface area contributed by atoms with Crippen LogP contribution in [0.25, 0.3) is 0 Å². The third-order valence-electron chi connectivity index (χ3n) is 4.79. The summed E-state index contributed by atoms with van der Waals surface area (Å²) in [5, 5.41) is 6.75. The highest BCUT2D eigenvalue weighted by atomic mass is 35.5. The van der Waals surface area contributed by atoms with E-state index in [0.717, 1.165) is 25.8 Å². The van der Waals surface area contributed by atoms with Gasteiger partial charge < -0.3 is 10.6 Å². The standard InChI is InChI=1S/C15H28N2O.ClH/c1-3-11(4-2)10-16-15(18)9-12-7-13-5-6-14(8-12)17-13;/h11-14,17H,3-10H2,1-2H3,(H,16,18);1H. The maximum Gasteiger partial charge on any atom is 0.220 e. The number of fused-ring (bicyclic) bond motifs is 2. The van der Waals surface area contributed by atoms with Gasteiger partial charge in [0.05, 0.1) is 0 Å². The topological polar surface area (TPSA) is 41.1 Å². The average molecular weight is 289 g/mol. The van der Waals surface area contributed by atoms with Crippen molar-refractivity contribution in [2.75, 3.05) is 6.54 Å². The van der Waals surface area contributed by atoms with Crippen molar-refractivity contribution in [3.05, 3.63) is 0 Å². The number of rotatable bonds is 6. The number of halogens is 1. The molecule has 2 rings (SSSR count). The largest absolute Gasteiger partial charge is 0.356 e. The number of piperidine rings is 1. The van der Waals surface area contributed by atoms with E-state index in [1.807, 2.05) is 0 Å². The smallest absolute Gasteiger partial charge is 0.220 e. The zero-order valence-corrected chi connectivity index (χ0v) is 13.1. The highest BCUT2D eigenvalue weighted by molar-refractivity contribution is 5.85. The van der Waals surface area contributed by atoms with Crippen LogP contribution in [0.4, 0.5) is 0 Å². The predicted octanol–water partition coefficient (Wildman–Crippen LogP) is 2.88. The molecule has 0 aromatic rings. The summed E-state index contributed by atoms with van der Waals surface area (Å²) in [6.07, 6.45) is 8.11. The summed E-state index contributed by atoms with van der Waals surface area (Å²) >= 11 is 0. The third kappa shape index (κ3) is 4.96. The first-order chi connectivity index (χ1) is 8.71. The summed E-state index contributed by atoms with van der Waals surface area (Å²) in [5.74, 6) is 1.54. The van der Waals surface area contributed by atoms with Gasteiger partial charge >= 0.3 is 0 Å². The molecule has 4 heteroatoms. The van der Waals surface area contributed by atoms with Gasteiger partial charge in [0.25, 0.3) is 0 Å². The van der Waals surface area contributed by atoms with Gasteiger partial charge in [-0.25, -0.2) is 0 Å². The first kappa shape index (κ1) is 16.8. The fraction of sp³-hybridized carbons (Fsp3) is 0.933. The molecular formula is C15H29ClN2O. The minimum Gasteiger partial charge on any atom is -0.356 e. The summed E-state index contributed by atoms with van der Waals surface area (Å²) in [4.78, 5) is 11.9. The molecule has 3 nitrogen and oxygen atoms in total. The van der Waals surface area contributed by atoms with Crippen LogP contribution in [0.3, 0.4) is 0 Å². The quantitative estimate of drug-likeness (QED) is 0.789. The molecule has 2 atom stereocenters. The van der Waals surface area contributed by atoms with Crippen molar-refractivity contribution in [3.8, 4) is 0 Å². The predicted molar refractivity (Wildman–Crippen MR) is 81.6 cm³/mol. The highest BCUT2D eigenvalue weighted by Crippen LogP contribution is 2.32. The van der Waals surface area contributed by atoms with Crippen LogP contribution in [0.1, 0.15) is 58.8 Å². The van der Waals surface area contributed by atoms with Crippen molar-refractivity contribution >= 4 is 18.3 Å². The maximum atomic E-state index is 11.9. The second kappa shape index (κ2) is 8.11. The van der Waals surface area contributed by atoms with Gasteiger partial charge in [-0.05, 0) is 37.5 Å². The lowest BCUT2D eigenvalue weighted by atomic mass is 9.89. The van der Waals surface area contributed by atoms with Crippen molar-refractivity contribution in [3.63, 3.8) is 0 Å². The molecule has 0 aromatic heterocycles. The van der Waals surface area contributed by atoms with E-state index in [4.69, 9.17) is 0 Å². The zero-order valence-electron chi connectivity index (χ0n) is 12.3. The van der Waals surface area contributed by atoms with Gasteiger partial charge in [-0.3, -0.25) is 4.79 Å². The first-order valence-corrected chi connectivity index (χ1v) is 7.74. The van der Waals surface area contributed by atoms with E-state index >= 15 is 0 Å². The molecule has 0 saturated carbocycles. The second-order valence-corrected chi connectivity index (χ2v) is 6.17. The van der Waals surface area contributed by atoms with E-state index in [-0.39, 0.29) is 18.3 Å². The summed E-state index contributed by atoms with van der Waals surface area (Å²) in [6, 6.07) is 1.39. The van der Waals surface area contributed by atoms with E-state index in [2.05, 4.69) is 24.5 Å². The summed E-state index contributed by atoms with van der Waals surface area (Å²) in [7, 11) is 0. The number of carbonyl (C=O) groups is 1. The van der Waals surface area contributed by atoms with Gasteiger partial charge in [0.15, 0.2) is 0 Å². The van der Waals surface area contributed by atoms with Crippen molar-refractivity contribution < 1.29 is 4.79 Å². The summed E-state index contributed by atoms with van der Waals surface area (Å²) in [6.45, 7) is 5.26. The Morgan fingerprint density at radius 1 is 1.21 bits per heavy atom. The molecule has 19 heavy (non-hydrogen) atoms. The second-order valence-electron chi connectivity index (χ2n) is 6.17. The molecule has 0 radical (unpaired) electrons. The van der Waals surface area contributed by atoms with Crippen LogP contribution < -0.4 is 10.6 Å². The maximum absolute atomic E-state index is 11.9. The van der Waals surface area contributed by atoms with Crippen LogP contribution in [0.15, 0.2) is 0 Å². The zero-order chi connectivity index (χ0) is 13.0. The Morgan fingerprint density at radius 3 is 2.32 bits per heavy atom. The van der Waals surface area contributed by atoms with E-state index in [9.17, 15) is 4.79 Å². The Balaban J connectivity index is 0.00000180. The molecule has 2 aliphatic rings. The van der Waals surface area contributed by atoms with Crippen molar-refractivity contribution in [1.82, 2.24) is 10.6 Å². The molecule has 0 aliphatic carbocycles. The van der Waals surface area contributed by atoms with Gasteiger partial charge in [0, 0.05) is 25.0 Å². The summed E-state index contributed by atoms with van der Waals surface area (Å²) in [5.41, 5.74) is 0. The Morgan fingerprint density at radius 2 is 1.79 bits per heavy atom. The van der Waals surface area contributed by atoms with Gasteiger partial charge in [0.2, 0.25) is 5.91 Å². The van der Waals surface area contributed by atoms with Gasteiger partial charge in [-0.15, -0.1) is 12.4 Å². The van der Waals surface area contributed by atoms with Crippen LogP contribution in [0.5, 0.6) is 0 Å². The van der Waals surface area contributed by atoms with Gasteiger partial charge in [-0.2, -0.15) is 0 Å². The minimum atomic E-state index is 0. The molecule has 112 valence electrons. The normalized spacial score (nSPS) is 29.1. The van der Waals surface area contributed by atoms with Crippen molar-refractivity contribution in [1.29, 1.82) is 0 Å². The molecule has 2 fully saturated rings. The highest BCUT2D eigenvalue weighted by Gasteiger charge is 2.34. The molecule has 2 unspecified atom stereocenters. The molecular weight excluding hydrogens is 260 g/mol. The number of nitrogens with one attached hydrogen (secondary N) is 2. The van der Waals surface area contributed by atoms with Crippen LogP contribution in [-0.4, -0.2) is 24.5 Å². The van der Waals surface area contributed by atoms with E-state index < -0.39 is 0 Å². The molecule has 2 saturated heterocycles. The Bertz CT molecular complexity index is 269. The number of hydrogen-bond acceptors (Lipinski definition) is 2. The Kier molecular flexibility index (Phi) is 7.16. The van der Waals surface area contributed by atoms with E-state index in [1.54, 1.807) is 0 Å². The number of carbonyl (C=O) groups excluding carboxylic acids is 1. The monoisotopic (exact) mass is 288 g/mol. The Hall–Kier alpha value is -0.280.